The SMILES string of the molecule is O=C(O)C=COC[C@H]1O[C@@H](n2ccc(NO)nc2=O)C[C@@H]1ONc1ccn([C@H]2C[C@H](O)[C@@H](CO)O2)c(=O)n1. The molecule has 6 N–H and O–H groups in total. The van der Waals surface area contributed by atoms with E-state index in [9.17, 15) is 24.6 Å². The quantitative estimate of drug-likeness (QED) is 0.109. The highest BCUT2D eigenvalue weighted by atomic mass is 16.7. The van der Waals surface area contributed by atoms with Crippen LogP contribution < -0.4 is 22.3 Å². The monoisotopic (exact) mass is 538 g/mol. The maximum absolute atomic E-state index is 12.5. The minimum atomic E-state index is -1.20. The molecule has 0 aliphatic carbocycles. The van der Waals surface area contributed by atoms with Gasteiger partial charge >= 0.3 is 17.3 Å². The molecular weight excluding hydrogens is 512 g/mol. The number of anilines is 2. The number of aliphatic hydroxyl groups excluding tert-OH is 2. The smallest absolute Gasteiger partial charge is 0.351 e. The van der Waals surface area contributed by atoms with Gasteiger partial charge in [0.05, 0.1) is 25.0 Å². The number of aliphatic carboxylic acids is 1. The summed E-state index contributed by atoms with van der Waals surface area (Å²) < 4.78 is 18.9. The first kappa shape index (κ1) is 27.2. The van der Waals surface area contributed by atoms with Crippen molar-refractivity contribution < 1.29 is 44.4 Å². The van der Waals surface area contributed by atoms with E-state index in [1.54, 1.807) is 5.48 Å². The van der Waals surface area contributed by atoms with Gasteiger partial charge in [-0.25, -0.2) is 19.9 Å². The standard InChI is InChI=1S/C21H26N6O11/c28-9-13-11(29)7-17(36-13)26-5-2-16(23-21(26)33)25-38-12-8-18(27-4-1-15(24-34)22-20(27)32)37-14(12)10-35-6-3-19(30)31/h1-6,11-14,17-18,28-29,34H,7-10H2,(H,30,31)(H,22,24,32)(H,23,25,33)/t11-,12-,13+,14+,17+,18+/m0/s1. The average molecular weight is 538 g/mol. The van der Waals surface area contributed by atoms with Crippen molar-refractivity contribution in [2.45, 2.75) is 49.7 Å². The van der Waals surface area contributed by atoms with Gasteiger partial charge in [-0.1, -0.05) is 0 Å². The summed E-state index contributed by atoms with van der Waals surface area (Å²) in [6, 6.07) is 2.79. The Labute approximate surface area is 213 Å². The lowest BCUT2D eigenvalue weighted by Gasteiger charge is -2.19. The van der Waals surface area contributed by atoms with E-state index in [2.05, 4.69) is 15.4 Å². The van der Waals surface area contributed by atoms with Gasteiger partial charge < -0.3 is 29.5 Å². The fourth-order valence-corrected chi connectivity index (χ4v) is 3.97. The van der Waals surface area contributed by atoms with Crippen LogP contribution >= 0.6 is 0 Å². The van der Waals surface area contributed by atoms with Gasteiger partial charge in [-0.05, 0) is 12.1 Å². The molecule has 0 aromatic carbocycles. The predicted molar refractivity (Wildman–Crippen MR) is 124 cm³/mol. The van der Waals surface area contributed by atoms with Crippen LogP contribution in [0.15, 0.2) is 46.5 Å². The molecule has 0 unspecified atom stereocenters. The Kier molecular flexibility index (Phi) is 8.66. The lowest BCUT2D eigenvalue weighted by atomic mass is 10.2. The Balaban J connectivity index is 1.44. The van der Waals surface area contributed by atoms with E-state index >= 15 is 0 Å². The number of hydrogen-bond acceptors (Lipinski definition) is 14. The molecule has 2 aliphatic rings. The van der Waals surface area contributed by atoms with Crippen LogP contribution in [0.1, 0.15) is 25.3 Å². The van der Waals surface area contributed by atoms with Gasteiger partial charge in [-0.15, -0.1) is 0 Å². The molecule has 4 heterocycles. The largest absolute Gasteiger partial charge is 0.498 e. The number of carbonyl (C=O) groups is 1. The van der Waals surface area contributed by atoms with E-state index in [0.29, 0.717) is 0 Å². The van der Waals surface area contributed by atoms with Crippen molar-refractivity contribution in [3.8, 4) is 0 Å². The number of carboxylic acid groups (broad SMARTS) is 1. The first-order valence-corrected chi connectivity index (χ1v) is 11.4. The van der Waals surface area contributed by atoms with Gasteiger partial charge in [0.2, 0.25) is 0 Å². The van der Waals surface area contributed by atoms with Crippen molar-refractivity contribution in [3.63, 3.8) is 0 Å². The summed E-state index contributed by atoms with van der Waals surface area (Å²) in [4.78, 5) is 48.7. The molecule has 2 aromatic rings. The van der Waals surface area contributed by atoms with Crippen LogP contribution in [0.2, 0.25) is 0 Å². The van der Waals surface area contributed by atoms with E-state index < -0.39 is 54.2 Å². The zero-order valence-corrected chi connectivity index (χ0v) is 19.7. The normalized spacial score (nSPS) is 27.0. The average Bonchev–Trinajstić information content (AvgIpc) is 3.47. The highest BCUT2D eigenvalue weighted by molar-refractivity contribution is 5.79. The highest BCUT2D eigenvalue weighted by Gasteiger charge is 2.39. The molecule has 2 saturated heterocycles. The summed E-state index contributed by atoms with van der Waals surface area (Å²) in [6.07, 6.45) is -0.105. The number of ether oxygens (including phenoxy) is 3. The van der Waals surface area contributed by atoms with Gasteiger partial charge in [-0.3, -0.25) is 24.7 Å². The van der Waals surface area contributed by atoms with Crippen molar-refractivity contribution in [2.24, 2.45) is 0 Å². The number of aliphatic hydroxyl groups is 2. The van der Waals surface area contributed by atoms with E-state index in [1.165, 1.54) is 33.7 Å². The van der Waals surface area contributed by atoms with Crippen LogP contribution in [-0.2, 0) is 23.8 Å². The molecule has 0 bridgehead atoms. The molecule has 38 heavy (non-hydrogen) atoms. The first-order valence-electron chi connectivity index (χ1n) is 11.4. The molecule has 0 amide bonds. The van der Waals surface area contributed by atoms with Crippen LogP contribution in [-0.4, -0.2) is 83.2 Å². The van der Waals surface area contributed by atoms with Crippen LogP contribution in [0.4, 0.5) is 11.6 Å². The van der Waals surface area contributed by atoms with Crippen LogP contribution in [0.5, 0.6) is 0 Å². The Bertz CT molecular complexity index is 1270. The van der Waals surface area contributed by atoms with Crippen molar-refractivity contribution in [3.05, 3.63) is 57.8 Å². The molecule has 0 radical (unpaired) electrons. The minimum absolute atomic E-state index is 0.0506. The van der Waals surface area contributed by atoms with Gasteiger partial charge in [0.1, 0.15) is 37.4 Å². The zero-order valence-electron chi connectivity index (χ0n) is 19.7. The van der Waals surface area contributed by atoms with E-state index in [1.807, 2.05) is 0 Å². The zero-order chi connectivity index (χ0) is 27.2. The molecule has 2 aromatic heterocycles. The third-order valence-corrected chi connectivity index (χ3v) is 5.84. The predicted octanol–water partition coefficient (Wildman–Crippen LogP) is -1.44. The van der Waals surface area contributed by atoms with Crippen LogP contribution in [0.3, 0.4) is 0 Å². The number of aromatic nitrogens is 4. The van der Waals surface area contributed by atoms with E-state index in [0.717, 1.165) is 12.3 Å². The number of nitrogens with zero attached hydrogens (tertiary/aromatic N) is 4. The summed E-state index contributed by atoms with van der Waals surface area (Å²) in [5, 5.41) is 36.8. The fraction of sp³-hybridized carbons (Fsp3) is 0.476. The third-order valence-electron chi connectivity index (χ3n) is 5.84. The summed E-state index contributed by atoms with van der Waals surface area (Å²) in [6.45, 7) is -0.521. The van der Waals surface area contributed by atoms with Gasteiger partial charge in [0, 0.05) is 25.2 Å². The Morgan fingerprint density at radius 3 is 2.32 bits per heavy atom. The maximum atomic E-state index is 12.5. The molecule has 2 fully saturated rings. The summed E-state index contributed by atoms with van der Waals surface area (Å²) in [7, 11) is 0. The number of hydrogen-bond donors (Lipinski definition) is 6. The summed E-state index contributed by atoms with van der Waals surface area (Å²) in [5.41, 5.74) is 2.95. The minimum Gasteiger partial charge on any atom is -0.498 e. The molecular formula is C21H26N6O11. The number of nitrogens with one attached hydrogen (secondary N) is 2. The topological polar surface area (TPSA) is 229 Å². The fourth-order valence-electron chi connectivity index (χ4n) is 3.97. The summed E-state index contributed by atoms with van der Waals surface area (Å²) >= 11 is 0. The van der Waals surface area contributed by atoms with Crippen LogP contribution in [0.25, 0.3) is 0 Å². The third kappa shape index (κ3) is 6.33. The molecule has 6 atom stereocenters. The van der Waals surface area contributed by atoms with Crippen LogP contribution in [0, 0.1) is 0 Å². The highest BCUT2D eigenvalue weighted by Crippen LogP contribution is 2.31. The summed E-state index contributed by atoms with van der Waals surface area (Å²) in [5.74, 6) is -1.21. The number of carboxylic acids is 1. The molecule has 17 nitrogen and oxygen atoms in total. The molecule has 4 rings (SSSR count). The second-order valence-corrected chi connectivity index (χ2v) is 8.33. The molecule has 206 valence electrons. The number of rotatable bonds is 11. The Morgan fingerprint density at radius 2 is 1.71 bits per heavy atom. The van der Waals surface area contributed by atoms with Gasteiger partial charge in [0.25, 0.3) is 0 Å². The lowest BCUT2D eigenvalue weighted by molar-refractivity contribution is -0.131. The molecule has 0 spiro atoms. The molecule has 17 heteroatoms. The van der Waals surface area contributed by atoms with Gasteiger partial charge in [-0.2, -0.15) is 9.97 Å². The maximum Gasteiger partial charge on any atom is 0.351 e. The van der Waals surface area contributed by atoms with Crippen molar-refractivity contribution >= 4 is 17.6 Å². The van der Waals surface area contributed by atoms with Crippen molar-refractivity contribution in [1.82, 2.24) is 19.1 Å². The molecule has 2 aliphatic heterocycles. The first-order chi connectivity index (χ1) is 18.3. The van der Waals surface area contributed by atoms with Crippen molar-refractivity contribution in [2.75, 3.05) is 24.2 Å². The van der Waals surface area contributed by atoms with E-state index in [-0.39, 0.29) is 37.7 Å². The second-order valence-electron chi connectivity index (χ2n) is 8.33. The van der Waals surface area contributed by atoms with Crippen molar-refractivity contribution in [1.29, 1.82) is 0 Å². The van der Waals surface area contributed by atoms with E-state index in [4.69, 9.17) is 29.4 Å². The molecule has 0 saturated carbocycles. The Hall–Kier alpha value is -3.87. The second kappa shape index (κ2) is 12.1. The Morgan fingerprint density at radius 1 is 1.08 bits per heavy atom. The van der Waals surface area contributed by atoms with Gasteiger partial charge in [0.15, 0.2) is 11.6 Å². The lowest BCUT2D eigenvalue weighted by Crippen LogP contribution is -2.32.